The Morgan fingerprint density at radius 1 is 1.33 bits per heavy atom. The lowest BCUT2D eigenvalue weighted by atomic mass is 9.94. The minimum absolute atomic E-state index is 0.0155. The van der Waals surface area contributed by atoms with Gasteiger partial charge >= 0.3 is 0 Å². The number of methoxy groups -OCH3 is 1. The predicted octanol–water partition coefficient (Wildman–Crippen LogP) is 0.323. The molecule has 1 fully saturated rings. The molecule has 146 valence electrons. The molecule has 3 amide bonds. The lowest BCUT2D eigenvalue weighted by molar-refractivity contribution is -0.135. The van der Waals surface area contributed by atoms with E-state index in [0.29, 0.717) is 50.4 Å². The number of hydrogen-bond acceptors (Lipinski definition) is 5. The fraction of sp³-hybridized carbons (Fsp3) is 0.526. The van der Waals surface area contributed by atoms with Crippen molar-refractivity contribution in [3.63, 3.8) is 0 Å². The minimum Gasteiger partial charge on any atom is -0.485 e. The van der Waals surface area contributed by atoms with Gasteiger partial charge in [0, 0.05) is 33.0 Å². The minimum atomic E-state index is -0.654. The Labute approximate surface area is 158 Å². The molecule has 0 radical (unpaired) electrons. The molecule has 0 aliphatic carbocycles. The van der Waals surface area contributed by atoms with Crippen LogP contribution in [0.25, 0.3) is 0 Å². The number of para-hydroxylation sites is 1. The zero-order chi connectivity index (χ0) is 19.3. The topological polar surface area (TPSA) is 97.0 Å². The molecule has 8 nitrogen and oxygen atoms in total. The lowest BCUT2D eigenvalue weighted by Crippen LogP contribution is -2.46. The Bertz CT molecular complexity index is 723. The van der Waals surface area contributed by atoms with E-state index in [1.807, 2.05) is 6.07 Å². The SMILES string of the molecule is COCCNC(=O)CN1CCC2(CCC1=O)CNC(=O)c1ccccc1O2. The van der Waals surface area contributed by atoms with Crippen molar-refractivity contribution in [3.8, 4) is 5.75 Å². The summed E-state index contributed by atoms with van der Waals surface area (Å²) in [5.74, 6) is 0.0659. The van der Waals surface area contributed by atoms with E-state index in [9.17, 15) is 14.4 Å². The molecule has 2 aliphatic rings. The number of carbonyl (C=O) groups is 3. The quantitative estimate of drug-likeness (QED) is 0.723. The summed E-state index contributed by atoms with van der Waals surface area (Å²) in [7, 11) is 1.56. The van der Waals surface area contributed by atoms with Gasteiger partial charge in [-0.1, -0.05) is 12.1 Å². The molecule has 1 spiro atoms. The first kappa shape index (κ1) is 19.2. The number of fused-ring (bicyclic) bond motifs is 1. The molecule has 27 heavy (non-hydrogen) atoms. The maximum Gasteiger partial charge on any atom is 0.255 e. The lowest BCUT2D eigenvalue weighted by Gasteiger charge is -2.32. The number of ether oxygens (including phenoxy) is 2. The van der Waals surface area contributed by atoms with Crippen molar-refractivity contribution in [2.24, 2.45) is 0 Å². The Morgan fingerprint density at radius 2 is 2.15 bits per heavy atom. The Morgan fingerprint density at radius 3 is 2.96 bits per heavy atom. The predicted molar refractivity (Wildman–Crippen MR) is 97.5 cm³/mol. The molecule has 1 aromatic carbocycles. The van der Waals surface area contributed by atoms with Crippen LogP contribution in [-0.4, -0.2) is 68.1 Å². The van der Waals surface area contributed by atoms with Gasteiger partial charge in [-0.15, -0.1) is 0 Å². The van der Waals surface area contributed by atoms with Crippen LogP contribution in [0, 0.1) is 0 Å². The second kappa shape index (κ2) is 8.39. The van der Waals surface area contributed by atoms with Gasteiger partial charge in [-0.05, 0) is 18.6 Å². The second-order valence-electron chi connectivity index (χ2n) is 6.87. The van der Waals surface area contributed by atoms with Crippen LogP contribution >= 0.6 is 0 Å². The first-order valence-corrected chi connectivity index (χ1v) is 9.13. The number of nitrogens with zero attached hydrogens (tertiary/aromatic N) is 1. The highest BCUT2D eigenvalue weighted by molar-refractivity contribution is 5.97. The average molecular weight is 375 g/mol. The third-order valence-electron chi connectivity index (χ3n) is 4.98. The molecule has 2 heterocycles. The van der Waals surface area contributed by atoms with Gasteiger partial charge in [-0.2, -0.15) is 0 Å². The van der Waals surface area contributed by atoms with Crippen molar-refractivity contribution in [3.05, 3.63) is 29.8 Å². The molecule has 0 saturated carbocycles. The highest BCUT2D eigenvalue weighted by Crippen LogP contribution is 2.33. The molecule has 0 aromatic heterocycles. The van der Waals surface area contributed by atoms with Gasteiger partial charge in [0.05, 0.1) is 25.3 Å². The summed E-state index contributed by atoms with van der Waals surface area (Å²) in [5, 5.41) is 5.63. The van der Waals surface area contributed by atoms with Crippen LogP contribution in [0.5, 0.6) is 5.75 Å². The summed E-state index contributed by atoms with van der Waals surface area (Å²) in [6, 6.07) is 7.11. The van der Waals surface area contributed by atoms with Crippen molar-refractivity contribution in [2.75, 3.05) is 39.9 Å². The molecule has 1 aromatic rings. The van der Waals surface area contributed by atoms with E-state index in [1.54, 1.807) is 30.2 Å². The third-order valence-corrected chi connectivity index (χ3v) is 4.98. The first-order chi connectivity index (χ1) is 13.0. The summed E-state index contributed by atoms with van der Waals surface area (Å²) < 4.78 is 11.1. The summed E-state index contributed by atoms with van der Waals surface area (Å²) in [5.41, 5.74) is -0.154. The van der Waals surface area contributed by atoms with Crippen LogP contribution in [0.3, 0.4) is 0 Å². The van der Waals surface area contributed by atoms with Gasteiger partial charge < -0.3 is 25.0 Å². The number of benzene rings is 1. The zero-order valence-corrected chi connectivity index (χ0v) is 15.5. The smallest absolute Gasteiger partial charge is 0.255 e. The summed E-state index contributed by atoms with van der Waals surface area (Å²) in [6.45, 7) is 1.58. The van der Waals surface area contributed by atoms with Crippen LogP contribution in [-0.2, 0) is 14.3 Å². The van der Waals surface area contributed by atoms with Gasteiger partial charge in [0.25, 0.3) is 5.91 Å². The molecular formula is C19H25N3O5. The van der Waals surface area contributed by atoms with E-state index in [4.69, 9.17) is 9.47 Å². The van der Waals surface area contributed by atoms with Crippen LogP contribution in [0.2, 0.25) is 0 Å². The van der Waals surface area contributed by atoms with Crippen molar-refractivity contribution in [2.45, 2.75) is 24.9 Å². The largest absolute Gasteiger partial charge is 0.485 e. The van der Waals surface area contributed by atoms with Gasteiger partial charge in [-0.3, -0.25) is 14.4 Å². The van der Waals surface area contributed by atoms with Crippen molar-refractivity contribution in [1.29, 1.82) is 0 Å². The number of carbonyl (C=O) groups excluding carboxylic acids is 3. The maximum absolute atomic E-state index is 12.5. The molecular weight excluding hydrogens is 350 g/mol. The Hall–Kier alpha value is -2.61. The summed E-state index contributed by atoms with van der Waals surface area (Å²) in [4.78, 5) is 38.3. The molecule has 1 unspecified atom stereocenters. The monoisotopic (exact) mass is 375 g/mol. The normalized spacial score (nSPS) is 22.3. The number of amides is 3. The number of rotatable bonds is 5. The average Bonchev–Trinajstić information content (AvgIpc) is 2.90. The highest BCUT2D eigenvalue weighted by atomic mass is 16.5. The standard InChI is InChI=1S/C19H25N3O5/c1-26-11-9-20-16(23)12-22-10-8-19(7-6-17(22)24)13-21-18(25)14-4-2-3-5-15(14)27-19/h2-5H,6-13H2,1H3,(H,20,23)(H,21,25). The van der Waals surface area contributed by atoms with E-state index < -0.39 is 5.60 Å². The highest BCUT2D eigenvalue weighted by Gasteiger charge is 2.40. The number of likely N-dealkylation sites (tertiary alicyclic amines) is 1. The van der Waals surface area contributed by atoms with Crippen LogP contribution in [0.15, 0.2) is 24.3 Å². The maximum atomic E-state index is 12.5. The van der Waals surface area contributed by atoms with E-state index in [1.165, 1.54) is 0 Å². The van der Waals surface area contributed by atoms with Crippen LogP contribution < -0.4 is 15.4 Å². The molecule has 3 rings (SSSR count). The van der Waals surface area contributed by atoms with E-state index in [0.717, 1.165) is 0 Å². The summed E-state index contributed by atoms with van der Waals surface area (Å²) >= 11 is 0. The number of hydrogen-bond donors (Lipinski definition) is 2. The van der Waals surface area contributed by atoms with Crippen molar-refractivity contribution >= 4 is 17.7 Å². The fourth-order valence-electron chi connectivity index (χ4n) is 3.40. The molecule has 1 saturated heterocycles. The Balaban J connectivity index is 1.67. The molecule has 2 N–H and O–H groups in total. The van der Waals surface area contributed by atoms with E-state index in [2.05, 4.69) is 10.6 Å². The van der Waals surface area contributed by atoms with E-state index >= 15 is 0 Å². The van der Waals surface area contributed by atoms with Crippen LogP contribution in [0.4, 0.5) is 0 Å². The van der Waals surface area contributed by atoms with Gasteiger partial charge in [0.1, 0.15) is 11.4 Å². The zero-order valence-electron chi connectivity index (χ0n) is 15.5. The van der Waals surface area contributed by atoms with Crippen molar-refractivity contribution in [1.82, 2.24) is 15.5 Å². The molecule has 2 aliphatic heterocycles. The first-order valence-electron chi connectivity index (χ1n) is 9.13. The van der Waals surface area contributed by atoms with Gasteiger partial charge in [0.2, 0.25) is 11.8 Å². The third kappa shape index (κ3) is 4.57. The van der Waals surface area contributed by atoms with E-state index in [-0.39, 0.29) is 30.7 Å². The molecule has 8 heteroatoms. The van der Waals surface area contributed by atoms with Crippen LogP contribution in [0.1, 0.15) is 29.6 Å². The number of nitrogens with one attached hydrogen (secondary N) is 2. The Kier molecular flexibility index (Phi) is 5.95. The van der Waals surface area contributed by atoms with Gasteiger partial charge in [0.15, 0.2) is 0 Å². The molecule has 1 atom stereocenters. The fourth-order valence-corrected chi connectivity index (χ4v) is 3.40. The molecule has 0 bridgehead atoms. The summed E-state index contributed by atoms with van der Waals surface area (Å²) in [6.07, 6.45) is 1.30. The van der Waals surface area contributed by atoms with Crippen molar-refractivity contribution < 1.29 is 23.9 Å². The second-order valence-corrected chi connectivity index (χ2v) is 6.87. The van der Waals surface area contributed by atoms with Gasteiger partial charge in [-0.25, -0.2) is 0 Å².